The number of nitrogens with one attached hydrogen (secondary N) is 1. The van der Waals surface area contributed by atoms with E-state index in [1.807, 2.05) is 6.07 Å². The molecule has 6 nitrogen and oxygen atoms in total. The molecule has 3 rings (SSSR count). The van der Waals surface area contributed by atoms with Crippen molar-refractivity contribution in [3.05, 3.63) is 59.1 Å². The summed E-state index contributed by atoms with van der Waals surface area (Å²) in [4.78, 5) is 16.0. The van der Waals surface area contributed by atoms with Crippen molar-refractivity contribution in [3.63, 3.8) is 0 Å². The lowest BCUT2D eigenvalue weighted by molar-refractivity contribution is 0.403. The van der Waals surface area contributed by atoms with Gasteiger partial charge in [-0.3, -0.25) is 14.9 Å². The predicted molar refractivity (Wildman–Crippen MR) is 73.0 cm³/mol. The largest absolute Gasteiger partial charge is 0.504 e. The summed E-state index contributed by atoms with van der Waals surface area (Å²) in [7, 11) is 0. The fraction of sp³-hybridized carbons (Fsp3) is 0. The lowest BCUT2D eigenvalue weighted by atomic mass is 10.2. The van der Waals surface area contributed by atoms with Crippen LogP contribution in [0.1, 0.15) is 0 Å². The molecule has 2 aromatic heterocycles. The first-order chi connectivity index (χ1) is 9.65. The van der Waals surface area contributed by atoms with Gasteiger partial charge in [-0.1, -0.05) is 0 Å². The number of aromatic nitrogens is 3. The van der Waals surface area contributed by atoms with Crippen molar-refractivity contribution < 1.29 is 10.2 Å². The molecule has 20 heavy (non-hydrogen) atoms. The van der Waals surface area contributed by atoms with E-state index >= 15 is 0 Å². The molecule has 3 N–H and O–H groups in total. The Hall–Kier alpha value is -3.02. The van der Waals surface area contributed by atoms with E-state index in [1.165, 1.54) is 28.9 Å². The topological polar surface area (TPSA) is 91.1 Å². The van der Waals surface area contributed by atoms with Gasteiger partial charge in [-0.15, -0.1) is 0 Å². The zero-order chi connectivity index (χ0) is 14.1. The maximum Gasteiger partial charge on any atom is 0.271 e. The van der Waals surface area contributed by atoms with Crippen LogP contribution in [0.25, 0.3) is 16.9 Å². The number of nitrogens with zero attached hydrogens (tertiary/aromatic N) is 2. The molecule has 0 aliphatic carbocycles. The molecule has 100 valence electrons. The Morgan fingerprint density at radius 1 is 1.10 bits per heavy atom. The highest BCUT2D eigenvalue weighted by Crippen LogP contribution is 2.26. The molecule has 1 aromatic carbocycles. The lowest BCUT2D eigenvalue weighted by Gasteiger charge is -2.04. The van der Waals surface area contributed by atoms with Crippen molar-refractivity contribution in [1.82, 2.24) is 14.8 Å². The van der Waals surface area contributed by atoms with Gasteiger partial charge < -0.3 is 10.2 Å². The fourth-order valence-electron chi connectivity index (χ4n) is 1.91. The van der Waals surface area contributed by atoms with Gasteiger partial charge in [0.05, 0.1) is 11.4 Å². The van der Waals surface area contributed by atoms with Gasteiger partial charge in [0.2, 0.25) is 0 Å². The SMILES string of the molecule is O=c1cc(-c2cccnc2)[nH]n1-c1ccc(O)c(O)c1. The van der Waals surface area contributed by atoms with E-state index in [4.69, 9.17) is 0 Å². The van der Waals surface area contributed by atoms with Crippen LogP contribution in [0.5, 0.6) is 11.5 Å². The zero-order valence-electron chi connectivity index (χ0n) is 10.3. The van der Waals surface area contributed by atoms with Gasteiger partial charge in [0, 0.05) is 30.1 Å². The number of pyridine rings is 1. The molecule has 0 aliphatic rings. The number of aromatic amines is 1. The highest BCUT2D eigenvalue weighted by molar-refractivity contribution is 5.57. The highest BCUT2D eigenvalue weighted by Gasteiger charge is 2.09. The summed E-state index contributed by atoms with van der Waals surface area (Å²) >= 11 is 0. The van der Waals surface area contributed by atoms with Crippen LogP contribution >= 0.6 is 0 Å². The normalized spacial score (nSPS) is 10.6. The van der Waals surface area contributed by atoms with E-state index in [2.05, 4.69) is 10.1 Å². The summed E-state index contributed by atoms with van der Waals surface area (Å²) in [6.45, 7) is 0. The molecule has 0 aliphatic heterocycles. The van der Waals surface area contributed by atoms with Crippen LogP contribution in [0.2, 0.25) is 0 Å². The number of H-pyrrole nitrogens is 1. The molecule has 0 atom stereocenters. The molecule has 0 radical (unpaired) electrons. The monoisotopic (exact) mass is 269 g/mol. The molecule has 0 saturated heterocycles. The van der Waals surface area contributed by atoms with Crippen LogP contribution in [0.3, 0.4) is 0 Å². The minimum Gasteiger partial charge on any atom is -0.504 e. The maximum atomic E-state index is 12.0. The first-order valence-corrected chi connectivity index (χ1v) is 5.90. The summed E-state index contributed by atoms with van der Waals surface area (Å²) < 4.78 is 1.28. The number of phenols is 2. The molecule has 0 saturated carbocycles. The standard InChI is InChI=1S/C14H11N3O3/c18-12-4-3-10(6-13(12)19)17-14(20)7-11(16-17)9-2-1-5-15-8-9/h1-8,16,18-19H. The molecule has 0 bridgehead atoms. The second-order valence-electron chi connectivity index (χ2n) is 4.26. The quantitative estimate of drug-likeness (QED) is 0.617. The number of hydrogen-bond acceptors (Lipinski definition) is 4. The average molecular weight is 269 g/mol. The van der Waals surface area contributed by atoms with Crippen LogP contribution in [-0.4, -0.2) is 25.0 Å². The lowest BCUT2D eigenvalue weighted by Crippen LogP contribution is -2.13. The summed E-state index contributed by atoms with van der Waals surface area (Å²) in [5, 5.41) is 21.7. The van der Waals surface area contributed by atoms with Crippen molar-refractivity contribution in [3.8, 4) is 28.4 Å². The Balaban J connectivity index is 2.10. The maximum absolute atomic E-state index is 12.0. The van der Waals surface area contributed by atoms with E-state index in [0.29, 0.717) is 11.4 Å². The molecule has 3 aromatic rings. The molecule has 2 heterocycles. The van der Waals surface area contributed by atoms with Crippen molar-refractivity contribution in [2.75, 3.05) is 0 Å². The smallest absolute Gasteiger partial charge is 0.271 e. The van der Waals surface area contributed by atoms with Crippen LogP contribution in [0.15, 0.2) is 53.6 Å². The van der Waals surface area contributed by atoms with Gasteiger partial charge in [0.25, 0.3) is 5.56 Å². The summed E-state index contributed by atoms with van der Waals surface area (Å²) in [6, 6.07) is 9.21. The minimum absolute atomic E-state index is 0.235. The number of rotatable bonds is 2. The highest BCUT2D eigenvalue weighted by atomic mass is 16.3. The van der Waals surface area contributed by atoms with Crippen LogP contribution in [0, 0.1) is 0 Å². The Labute approximate surface area is 113 Å². The van der Waals surface area contributed by atoms with Crippen LogP contribution in [-0.2, 0) is 0 Å². The molecule has 0 fully saturated rings. The van der Waals surface area contributed by atoms with Crippen molar-refractivity contribution in [1.29, 1.82) is 0 Å². The summed E-state index contributed by atoms with van der Waals surface area (Å²) in [5.41, 5.74) is 1.57. The van der Waals surface area contributed by atoms with Gasteiger partial charge in [0.1, 0.15) is 0 Å². The average Bonchev–Trinajstić information content (AvgIpc) is 2.85. The summed E-state index contributed by atoms with van der Waals surface area (Å²) in [6.07, 6.45) is 3.29. The molecule has 0 spiro atoms. The Morgan fingerprint density at radius 2 is 1.95 bits per heavy atom. The Morgan fingerprint density at radius 3 is 2.65 bits per heavy atom. The third-order valence-electron chi connectivity index (χ3n) is 2.91. The minimum atomic E-state index is -0.285. The van der Waals surface area contributed by atoms with E-state index < -0.39 is 0 Å². The van der Waals surface area contributed by atoms with Gasteiger partial charge in [-0.05, 0) is 24.3 Å². The third kappa shape index (κ3) is 2.03. The first-order valence-electron chi connectivity index (χ1n) is 5.90. The Bertz CT molecular complexity index is 806. The number of benzene rings is 1. The fourth-order valence-corrected chi connectivity index (χ4v) is 1.91. The number of aromatic hydroxyl groups is 2. The van der Waals surface area contributed by atoms with Gasteiger partial charge in [-0.25, -0.2) is 4.68 Å². The second-order valence-corrected chi connectivity index (χ2v) is 4.26. The number of phenolic OH excluding ortho intramolecular Hbond substituents is 2. The van der Waals surface area contributed by atoms with Gasteiger partial charge in [-0.2, -0.15) is 0 Å². The van der Waals surface area contributed by atoms with Gasteiger partial charge >= 0.3 is 0 Å². The molecule has 6 heteroatoms. The summed E-state index contributed by atoms with van der Waals surface area (Å²) in [5.74, 6) is -0.521. The predicted octanol–water partition coefficient (Wildman–Crippen LogP) is 1.64. The van der Waals surface area contributed by atoms with Crippen LogP contribution < -0.4 is 5.56 Å². The molecule has 0 amide bonds. The zero-order valence-corrected chi connectivity index (χ0v) is 10.3. The van der Waals surface area contributed by atoms with E-state index in [1.54, 1.807) is 18.5 Å². The van der Waals surface area contributed by atoms with E-state index in [-0.39, 0.29) is 17.1 Å². The second kappa shape index (κ2) is 4.58. The van der Waals surface area contributed by atoms with Crippen molar-refractivity contribution in [2.24, 2.45) is 0 Å². The van der Waals surface area contributed by atoms with Gasteiger partial charge in [0.15, 0.2) is 11.5 Å². The molecule has 0 unspecified atom stereocenters. The van der Waals surface area contributed by atoms with Crippen molar-refractivity contribution >= 4 is 0 Å². The number of hydrogen-bond donors (Lipinski definition) is 3. The van der Waals surface area contributed by atoms with Crippen LogP contribution in [0.4, 0.5) is 0 Å². The Kier molecular flexibility index (Phi) is 2.76. The molecular weight excluding hydrogens is 258 g/mol. The first kappa shape index (κ1) is 12.0. The van der Waals surface area contributed by atoms with E-state index in [9.17, 15) is 15.0 Å². The third-order valence-corrected chi connectivity index (χ3v) is 2.91. The van der Waals surface area contributed by atoms with E-state index in [0.717, 1.165) is 5.56 Å². The van der Waals surface area contributed by atoms with Crippen molar-refractivity contribution in [2.45, 2.75) is 0 Å². The molecular formula is C14H11N3O3.